The van der Waals surface area contributed by atoms with Crippen LogP contribution in [0.2, 0.25) is 5.02 Å². The van der Waals surface area contributed by atoms with Crippen molar-refractivity contribution in [1.82, 2.24) is 19.7 Å². The first-order valence-electron chi connectivity index (χ1n) is 8.59. The lowest BCUT2D eigenvalue weighted by atomic mass is 10.3. The highest BCUT2D eigenvalue weighted by Crippen LogP contribution is 2.25. The number of hydrogen-bond acceptors (Lipinski definition) is 7. The summed E-state index contributed by atoms with van der Waals surface area (Å²) in [6.07, 6.45) is 0.815. The molecule has 1 aromatic carbocycles. The Bertz CT molecular complexity index is 926. The van der Waals surface area contributed by atoms with E-state index in [-0.39, 0.29) is 11.7 Å². The quantitative estimate of drug-likeness (QED) is 0.400. The molecule has 0 aliphatic carbocycles. The molecule has 0 unspecified atom stereocenters. The van der Waals surface area contributed by atoms with Crippen LogP contribution in [-0.2, 0) is 16.1 Å². The third kappa shape index (κ3) is 5.54. The highest BCUT2D eigenvalue weighted by molar-refractivity contribution is 7.99. The number of halogens is 1. The van der Waals surface area contributed by atoms with Gasteiger partial charge in [0.15, 0.2) is 11.0 Å². The van der Waals surface area contributed by atoms with E-state index in [0.29, 0.717) is 34.8 Å². The van der Waals surface area contributed by atoms with Gasteiger partial charge in [-0.25, -0.2) is 4.98 Å². The lowest BCUT2D eigenvalue weighted by Crippen LogP contribution is -2.14. The van der Waals surface area contributed by atoms with Crippen molar-refractivity contribution in [2.24, 2.45) is 0 Å². The van der Waals surface area contributed by atoms with Crippen molar-refractivity contribution < 1.29 is 9.53 Å². The second-order valence-electron chi connectivity index (χ2n) is 5.90. The largest absolute Gasteiger partial charge is 0.385 e. The van der Waals surface area contributed by atoms with Gasteiger partial charge in [0.05, 0.1) is 10.8 Å². The van der Waals surface area contributed by atoms with Crippen LogP contribution in [-0.4, -0.2) is 45.1 Å². The first-order chi connectivity index (χ1) is 13.6. The van der Waals surface area contributed by atoms with Crippen LogP contribution in [0.5, 0.6) is 0 Å². The molecule has 0 radical (unpaired) electrons. The summed E-state index contributed by atoms with van der Waals surface area (Å²) in [6.45, 7) is 3.28. The van der Waals surface area contributed by atoms with E-state index < -0.39 is 0 Å². The number of nitrogens with one attached hydrogen (secondary N) is 1. The van der Waals surface area contributed by atoms with E-state index in [1.807, 2.05) is 16.9 Å². The SMILES string of the molecule is COCCCn1c(SCC(=O)Nc2ccc(Cl)cc2)nnc1-c1csc(C)n1. The van der Waals surface area contributed by atoms with Crippen molar-refractivity contribution >= 4 is 46.3 Å². The number of nitrogens with zero attached hydrogens (tertiary/aromatic N) is 4. The van der Waals surface area contributed by atoms with Crippen LogP contribution in [0.25, 0.3) is 11.5 Å². The van der Waals surface area contributed by atoms with Crippen molar-refractivity contribution in [1.29, 1.82) is 0 Å². The second kappa shape index (κ2) is 10.0. The fourth-order valence-corrected chi connectivity index (χ4v) is 3.96. The number of methoxy groups -OCH3 is 1. The first-order valence-corrected chi connectivity index (χ1v) is 10.8. The molecule has 0 saturated heterocycles. The van der Waals surface area contributed by atoms with E-state index >= 15 is 0 Å². The monoisotopic (exact) mass is 437 g/mol. The maximum atomic E-state index is 12.3. The minimum absolute atomic E-state index is 0.121. The molecular weight excluding hydrogens is 418 g/mol. The number of thioether (sulfide) groups is 1. The van der Waals surface area contributed by atoms with Gasteiger partial charge in [-0.1, -0.05) is 23.4 Å². The molecule has 0 spiro atoms. The van der Waals surface area contributed by atoms with Crippen LogP contribution in [0.1, 0.15) is 11.4 Å². The second-order valence-corrected chi connectivity index (χ2v) is 8.34. The predicted molar refractivity (Wildman–Crippen MR) is 113 cm³/mol. The van der Waals surface area contributed by atoms with Crippen molar-refractivity contribution in [2.45, 2.75) is 25.0 Å². The van der Waals surface area contributed by atoms with Gasteiger partial charge in [0, 0.05) is 36.4 Å². The average Bonchev–Trinajstić information content (AvgIpc) is 3.28. The van der Waals surface area contributed by atoms with Gasteiger partial charge in [-0.3, -0.25) is 4.79 Å². The molecule has 7 nitrogen and oxygen atoms in total. The summed E-state index contributed by atoms with van der Waals surface area (Å²) in [7, 11) is 1.67. The zero-order valence-electron chi connectivity index (χ0n) is 15.5. The molecule has 0 atom stereocenters. The molecule has 2 aromatic heterocycles. The Labute approximate surface area is 176 Å². The van der Waals surface area contributed by atoms with Gasteiger partial charge in [0.2, 0.25) is 5.91 Å². The number of thiazole rings is 1. The fraction of sp³-hybridized carbons (Fsp3) is 0.333. The number of rotatable bonds is 9. The molecule has 148 valence electrons. The molecule has 3 aromatic rings. The highest BCUT2D eigenvalue weighted by Gasteiger charge is 2.17. The molecule has 1 N–H and O–H groups in total. The smallest absolute Gasteiger partial charge is 0.234 e. The normalized spacial score (nSPS) is 11.0. The molecule has 0 aliphatic rings. The van der Waals surface area contributed by atoms with Crippen LogP contribution >= 0.6 is 34.7 Å². The number of aryl methyl sites for hydroxylation is 1. The Kier molecular flexibility index (Phi) is 7.43. The predicted octanol–water partition coefficient (Wildman–Crippen LogP) is 4.13. The van der Waals surface area contributed by atoms with Crippen LogP contribution in [0.15, 0.2) is 34.8 Å². The summed E-state index contributed by atoms with van der Waals surface area (Å²) in [6, 6.07) is 7.00. The first kappa shape index (κ1) is 20.8. The average molecular weight is 438 g/mol. The molecule has 10 heteroatoms. The Morgan fingerprint density at radius 3 is 2.79 bits per heavy atom. The summed E-state index contributed by atoms with van der Waals surface area (Å²) in [4.78, 5) is 16.8. The molecule has 0 aliphatic heterocycles. The lowest BCUT2D eigenvalue weighted by molar-refractivity contribution is -0.113. The van der Waals surface area contributed by atoms with Crippen LogP contribution in [0.4, 0.5) is 5.69 Å². The minimum atomic E-state index is -0.121. The fourth-order valence-electron chi connectivity index (χ4n) is 2.48. The maximum absolute atomic E-state index is 12.3. The van der Waals surface area contributed by atoms with Gasteiger partial charge in [-0.05, 0) is 37.6 Å². The van der Waals surface area contributed by atoms with Gasteiger partial charge < -0.3 is 14.6 Å². The standard InChI is InChI=1S/C18H20ClN5O2S2/c1-12-20-15(10-27-12)17-22-23-18(24(17)8-3-9-26-2)28-11-16(25)21-14-6-4-13(19)5-7-14/h4-7,10H,3,8-9,11H2,1-2H3,(H,21,25). The van der Waals surface area contributed by atoms with Crippen molar-refractivity contribution in [2.75, 3.05) is 24.8 Å². The van der Waals surface area contributed by atoms with Crippen LogP contribution in [0, 0.1) is 6.92 Å². The number of carbonyl (C=O) groups excluding carboxylic acids is 1. The number of anilines is 1. The number of hydrogen-bond donors (Lipinski definition) is 1. The van der Waals surface area contributed by atoms with E-state index in [4.69, 9.17) is 16.3 Å². The number of benzene rings is 1. The summed E-state index contributed by atoms with van der Waals surface area (Å²) >= 11 is 8.78. The molecular formula is C18H20ClN5O2S2. The number of amides is 1. The Balaban J connectivity index is 1.68. The van der Waals surface area contributed by atoms with Gasteiger partial charge in [-0.15, -0.1) is 21.5 Å². The van der Waals surface area contributed by atoms with Crippen molar-refractivity contribution in [3.8, 4) is 11.5 Å². The van der Waals surface area contributed by atoms with Gasteiger partial charge in [0.25, 0.3) is 0 Å². The molecule has 28 heavy (non-hydrogen) atoms. The topological polar surface area (TPSA) is 81.9 Å². The molecule has 0 saturated carbocycles. The third-order valence-electron chi connectivity index (χ3n) is 3.76. The van der Waals surface area contributed by atoms with Crippen LogP contribution < -0.4 is 5.32 Å². The number of ether oxygens (including phenoxy) is 1. The molecule has 2 heterocycles. The lowest BCUT2D eigenvalue weighted by Gasteiger charge is -2.09. The van der Waals surface area contributed by atoms with Gasteiger partial charge in [0.1, 0.15) is 5.69 Å². The molecule has 0 fully saturated rings. The van der Waals surface area contributed by atoms with E-state index in [1.165, 1.54) is 11.8 Å². The number of aromatic nitrogens is 4. The van der Waals surface area contributed by atoms with Crippen LogP contribution in [0.3, 0.4) is 0 Å². The molecule has 0 bridgehead atoms. The summed E-state index contributed by atoms with van der Waals surface area (Å²) in [5.41, 5.74) is 1.50. The highest BCUT2D eigenvalue weighted by atomic mass is 35.5. The molecule has 3 rings (SSSR count). The molecule has 1 amide bonds. The van der Waals surface area contributed by atoms with Gasteiger partial charge >= 0.3 is 0 Å². The van der Waals surface area contributed by atoms with E-state index in [0.717, 1.165) is 17.1 Å². The number of carbonyl (C=O) groups is 1. The maximum Gasteiger partial charge on any atom is 0.234 e. The summed E-state index contributed by atoms with van der Waals surface area (Å²) in [5.74, 6) is 0.812. The zero-order chi connectivity index (χ0) is 19.9. The zero-order valence-corrected chi connectivity index (χ0v) is 17.9. The van der Waals surface area contributed by atoms with Crippen molar-refractivity contribution in [3.05, 3.63) is 39.7 Å². The Morgan fingerprint density at radius 2 is 2.11 bits per heavy atom. The van der Waals surface area contributed by atoms with E-state index in [1.54, 1.807) is 42.7 Å². The van der Waals surface area contributed by atoms with E-state index in [9.17, 15) is 4.79 Å². The third-order valence-corrected chi connectivity index (χ3v) is 5.75. The summed E-state index contributed by atoms with van der Waals surface area (Å²) in [5, 5.41) is 15.7. The Morgan fingerprint density at radius 1 is 1.32 bits per heavy atom. The van der Waals surface area contributed by atoms with Gasteiger partial charge in [-0.2, -0.15) is 0 Å². The summed E-state index contributed by atoms with van der Waals surface area (Å²) < 4.78 is 7.15. The van der Waals surface area contributed by atoms with E-state index in [2.05, 4.69) is 20.5 Å². The minimum Gasteiger partial charge on any atom is -0.385 e. The Hall–Kier alpha value is -1.94. The van der Waals surface area contributed by atoms with Crippen molar-refractivity contribution in [3.63, 3.8) is 0 Å².